The number of ether oxygens (including phenoxy) is 2. The Morgan fingerprint density at radius 2 is 1.72 bits per heavy atom. The molecule has 0 aliphatic carbocycles. The average Bonchev–Trinajstić information content (AvgIpc) is 3.01. The van der Waals surface area contributed by atoms with Gasteiger partial charge in [0.25, 0.3) is 5.91 Å². The number of carbonyl (C=O) groups is 4. The highest BCUT2D eigenvalue weighted by Crippen LogP contribution is 2.19. The van der Waals surface area contributed by atoms with Gasteiger partial charge in [0, 0.05) is 24.9 Å². The maximum Gasteiger partial charge on any atom is 0.255 e. The molecule has 1 aliphatic heterocycles. The van der Waals surface area contributed by atoms with Gasteiger partial charge in [0.05, 0.1) is 18.7 Å². The Labute approximate surface area is 255 Å². The summed E-state index contributed by atoms with van der Waals surface area (Å²) in [5.41, 5.74) is 1.13. The van der Waals surface area contributed by atoms with Gasteiger partial charge in [-0.3, -0.25) is 19.2 Å². The van der Waals surface area contributed by atoms with Gasteiger partial charge in [0.1, 0.15) is 36.8 Å². The van der Waals surface area contributed by atoms with Gasteiger partial charge in [0.2, 0.25) is 17.7 Å². The van der Waals surface area contributed by atoms with Crippen LogP contribution in [0.5, 0.6) is 11.5 Å². The lowest BCUT2D eigenvalue weighted by Gasteiger charge is -2.25. The fourth-order valence-electron chi connectivity index (χ4n) is 4.54. The molecular weight excluding hydrogens is 572 g/mol. The number of nitrogens with zero attached hydrogens (tertiary/aromatic N) is 1. The number of para-hydroxylation sites is 1. The molecule has 0 aromatic heterocycles. The Balaban J connectivity index is 1.48. The van der Waals surface area contributed by atoms with E-state index in [0.29, 0.717) is 22.9 Å². The van der Waals surface area contributed by atoms with E-state index in [9.17, 15) is 19.2 Å². The summed E-state index contributed by atoms with van der Waals surface area (Å²) < 4.78 is 11.5. The van der Waals surface area contributed by atoms with Crippen LogP contribution < -0.4 is 25.4 Å². The van der Waals surface area contributed by atoms with Crippen molar-refractivity contribution in [3.63, 3.8) is 0 Å². The van der Waals surface area contributed by atoms with E-state index in [-0.39, 0.29) is 50.6 Å². The van der Waals surface area contributed by atoms with Crippen LogP contribution in [-0.4, -0.2) is 74.0 Å². The Bertz CT molecular complexity index is 1400. The minimum absolute atomic E-state index is 0.00651. The zero-order valence-electron chi connectivity index (χ0n) is 23.9. The van der Waals surface area contributed by atoms with Crippen molar-refractivity contribution in [3.8, 4) is 11.5 Å². The first-order valence-electron chi connectivity index (χ1n) is 14.1. The first-order chi connectivity index (χ1) is 20.8. The highest BCUT2D eigenvalue weighted by Gasteiger charge is 2.28. The van der Waals surface area contributed by atoms with E-state index < -0.39 is 29.8 Å². The summed E-state index contributed by atoms with van der Waals surface area (Å²) in [5, 5.41) is 8.93. The molecule has 0 unspecified atom stereocenters. The van der Waals surface area contributed by atoms with Crippen molar-refractivity contribution in [2.24, 2.45) is 0 Å². The van der Waals surface area contributed by atoms with Gasteiger partial charge < -0.3 is 30.3 Å². The van der Waals surface area contributed by atoms with Gasteiger partial charge in [0.15, 0.2) is 0 Å². The standard InChI is InChI=1S/C32H35ClN4O6/c1-37-18-20-43-28-10-6-5-9-25(28)30(39)36-26(31(40)34-17-19-42-24-13-11-23(33)12-14-24)15-16-29(38)35-27(32(37)41)21-22-7-3-2-4-8-22/h2-14,26-27H,15-21H2,1H3,(H,34,40)(H,35,38)(H,36,39)/t26-,27+/m0/s1. The summed E-state index contributed by atoms with van der Waals surface area (Å²) in [6.45, 7) is 0.705. The van der Waals surface area contributed by atoms with Crippen molar-refractivity contribution in [1.29, 1.82) is 0 Å². The molecule has 226 valence electrons. The second-order valence-corrected chi connectivity index (χ2v) is 10.5. The van der Waals surface area contributed by atoms with Crippen LogP contribution >= 0.6 is 11.6 Å². The van der Waals surface area contributed by atoms with E-state index in [4.69, 9.17) is 21.1 Å². The summed E-state index contributed by atoms with van der Waals surface area (Å²) in [6, 6.07) is 21.1. The number of likely N-dealkylation sites (N-methyl/N-ethyl adjacent to an activating group) is 1. The molecule has 4 rings (SSSR count). The summed E-state index contributed by atoms with van der Waals surface area (Å²) in [4.78, 5) is 54.4. The van der Waals surface area contributed by atoms with Crippen LogP contribution in [-0.2, 0) is 20.8 Å². The maximum atomic E-state index is 13.4. The Morgan fingerprint density at radius 1 is 1.00 bits per heavy atom. The predicted molar refractivity (Wildman–Crippen MR) is 162 cm³/mol. The van der Waals surface area contributed by atoms with Gasteiger partial charge in [-0.1, -0.05) is 54.1 Å². The molecule has 3 aromatic carbocycles. The lowest BCUT2D eigenvalue weighted by molar-refractivity contribution is -0.135. The van der Waals surface area contributed by atoms with Crippen LogP contribution in [0.25, 0.3) is 0 Å². The molecule has 3 aromatic rings. The van der Waals surface area contributed by atoms with Crippen molar-refractivity contribution in [1.82, 2.24) is 20.9 Å². The van der Waals surface area contributed by atoms with Crippen molar-refractivity contribution >= 4 is 35.2 Å². The van der Waals surface area contributed by atoms with Crippen LogP contribution in [0.2, 0.25) is 5.02 Å². The molecule has 0 fully saturated rings. The number of fused-ring (bicyclic) bond motifs is 1. The second-order valence-electron chi connectivity index (χ2n) is 10.1. The maximum absolute atomic E-state index is 13.4. The molecule has 1 aliphatic rings. The number of benzene rings is 3. The molecule has 4 amide bonds. The monoisotopic (exact) mass is 606 g/mol. The normalized spacial score (nSPS) is 18.2. The smallest absolute Gasteiger partial charge is 0.255 e. The molecule has 11 heteroatoms. The second kappa shape index (κ2) is 15.6. The van der Waals surface area contributed by atoms with E-state index in [2.05, 4.69) is 16.0 Å². The molecule has 0 radical (unpaired) electrons. The molecule has 1 heterocycles. The minimum Gasteiger partial charge on any atom is -0.492 e. The lowest BCUT2D eigenvalue weighted by atomic mass is 10.0. The first-order valence-corrected chi connectivity index (χ1v) is 14.4. The van der Waals surface area contributed by atoms with Gasteiger partial charge >= 0.3 is 0 Å². The molecule has 43 heavy (non-hydrogen) atoms. The lowest BCUT2D eigenvalue weighted by Crippen LogP contribution is -2.50. The topological polar surface area (TPSA) is 126 Å². The fraction of sp³-hybridized carbons (Fsp3) is 0.312. The van der Waals surface area contributed by atoms with Crippen LogP contribution in [0.15, 0.2) is 78.9 Å². The minimum atomic E-state index is -1.03. The van der Waals surface area contributed by atoms with Crippen molar-refractivity contribution < 1.29 is 28.7 Å². The highest BCUT2D eigenvalue weighted by molar-refractivity contribution is 6.30. The summed E-state index contributed by atoms with van der Waals surface area (Å²) in [7, 11) is 1.64. The zero-order valence-corrected chi connectivity index (χ0v) is 24.6. The number of hydrogen-bond acceptors (Lipinski definition) is 6. The van der Waals surface area contributed by atoms with Crippen LogP contribution in [0.1, 0.15) is 28.8 Å². The number of hydrogen-bond donors (Lipinski definition) is 3. The van der Waals surface area contributed by atoms with E-state index in [1.807, 2.05) is 30.3 Å². The van der Waals surface area contributed by atoms with Gasteiger partial charge in [-0.25, -0.2) is 0 Å². The fourth-order valence-corrected chi connectivity index (χ4v) is 4.67. The number of carbonyl (C=O) groups excluding carboxylic acids is 4. The Kier molecular flexibility index (Phi) is 11.4. The third kappa shape index (κ3) is 9.47. The average molecular weight is 607 g/mol. The quantitative estimate of drug-likeness (QED) is 0.355. The predicted octanol–water partition coefficient (Wildman–Crippen LogP) is 2.99. The number of halogens is 1. The van der Waals surface area contributed by atoms with E-state index in [1.165, 1.54) is 4.90 Å². The van der Waals surface area contributed by atoms with E-state index in [0.717, 1.165) is 5.56 Å². The first kappa shape index (κ1) is 31.4. The summed E-state index contributed by atoms with van der Waals surface area (Å²) >= 11 is 5.90. The number of amides is 4. The van der Waals surface area contributed by atoms with Crippen LogP contribution in [0, 0.1) is 0 Å². The van der Waals surface area contributed by atoms with Gasteiger partial charge in [-0.05, 0) is 48.4 Å². The molecule has 0 saturated carbocycles. The molecule has 0 bridgehead atoms. The summed E-state index contributed by atoms with van der Waals surface area (Å²) in [5.74, 6) is -0.754. The SMILES string of the molecule is CN1CCOc2ccccc2C(=O)N[C@H](C(=O)NCCOc2ccc(Cl)cc2)CCC(=O)N[C@H](Cc2ccccc2)C1=O. The number of rotatable bonds is 7. The van der Waals surface area contributed by atoms with Crippen LogP contribution in [0.4, 0.5) is 0 Å². The molecule has 0 saturated heterocycles. The molecular formula is C32H35ClN4O6. The van der Waals surface area contributed by atoms with Gasteiger partial charge in [-0.2, -0.15) is 0 Å². The zero-order chi connectivity index (χ0) is 30.6. The summed E-state index contributed by atoms with van der Waals surface area (Å²) in [6.07, 6.45) is 0.209. The van der Waals surface area contributed by atoms with Crippen molar-refractivity contribution in [2.75, 3.05) is 33.4 Å². The van der Waals surface area contributed by atoms with E-state index >= 15 is 0 Å². The number of nitrogens with one attached hydrogen (secondary N) is 3. The molecule has 3 N–H and O–H groups in total. The third-order valence-corrected chi connectivity index (χ3v) is 7.13. The largest absolute Gasteiger partial charge is 0.492 e. The van der Waals surface area contributed by atoms with E-state index in [1.54, 1.807) is 55.6 Å². The Morgan fingerprint density at radius 3 is 2.49 bits per heavy atom. The highest BCUT2D eigenvalue weighted by atomic mass is 35.5. The molecule has 0 spiro atoms. The Hall–Kier alpha value is -4.57. The van der Waals surface area contributed by atoms with Crippen molar-refractivity contribution in [2.45, 2.75) is 31.3 Å². The third-order valence-electron chi connectivity index (χ3n) is 6.87. The van der Waals surface area contributed by atoms with Crippen LogP contribution in [0.3, 0.4) is 0 Å². The molecule has 2 atom stereocenters. The molecule has 10 nitrogen and oxygen atoms in total. The van der Waals surface area contributed by atoms with Gasteiger partial charge in [-0.15, -0.1) is 0 Å². The van der Waals surface area contributed by atoms with Crippen molar-refractivity contribution in [3.05, 3.63) is 95.0 Å².